The van der Waals surface area contributed by atoms with E-state index in [0.717, 1.165) is 24.8 Å². The van der Waals surface area contributed by atoms with E-state index >= 15 is 0 Å². The Bertz CT molecular complexity index is 1330. The van der Waals surface area contributed by atoms with Gasteiger partial charge in [-0.05, 0) is 19.4 Å². The molecule has 306 valence electrons. The zero-order valence-corrected chi connectivity index (χ0v) is 30.1. The third-order valence-electron chi connectivity index (χ3n) is 9.83. The second-order valence-corrected chi connectivity index (χ2v) is 14.0. The molecule has 6 aliphatic heterocycles. The number of amides is 1. The number of hydrogen-bond acceptors (Lipinski definition) is 11. The molecular weight excluding hydrogens is 738 g/mol. The predicted octanol–water partition coefficient (Wildman–Crippen LogP) is -1.54. The van der Waals surface area contributed by atoms with Gasteiger partial charge >= 0.3 is 30.4 Å². The topological polar surface area (TPSA) is 206 Å². The summed E-state index contributed by atoms with van der Waals surface area (Å²) in [4.78, 5) is 56.2. The summed E-state index contributed by atoms with van der Waals surface area (Å²) < 4.78 is 79.0. The molecule has 0 unspecified atom stereocenters. The van der Waals surface area contributed by atoms with Crippen molar-refractivity contribution in [2.45, 2.75) is 83.4 Å². The van der Waals surface area contributed by atoms with Crippen LogP contribution in [0, 0.1) is 10.8 Å². The molecule has 7 rings (SSSR count). The molecule has 20 heteroatoms. The summed E-state index contributed by atoms with van der Waals surface area (Å²) in [6.45, 7) is 11.8. The number of piperidine rings is 6. The number of carboxylic acids is 2. The monoisotopic (exact) mass is 786 g/mol. The summed E-state index contributed by atoms with van der Waals surface area (Å²) in [7, 11) is 0. The first-order valence-electron chi connectivity index (χ1n) is 17.4. The third-order valence-corrected chi connectivity index (χ3v) is 9.83. The number of benzene rings is 1. The number of carbonyl (C=O) groups excluding carboxylic acids is 5. The van der Waals surface area contributed by atoms with Crippen LogP contribution < -0.4 is 31.1 Å². The van der Waals surface area contributed by atoms with Crippen LogP contribution in [0.15, 0.2) is 30.3 Å². The molecule has 6 aliphatic rings. The number of alkyl carbamates (subject to hydrolysis) is 1. The highest BCUT2D eigenvalue weighted by Gasteiger charge is 2.44. The summed E-state index contributed by atoms with van der Waals surface area (Å²) in [5, 5.41) is 20.1. The molecule has 6 saturated heterocycles. The van der Waals surface area contributed by atoms with Crippen molar-refractivity contribution < 1.29 is 84.5 Å². The smallest absolute Gasteiger partial charge is 0.430 e. The normalized spacial score (nSPS) is 25.0. The van der Waals surface area contributed by atoms with E-state index < -0.39 is 48.4 Å². The Morgan fingerprint density at radius 2 is 1.06 bits per heavy atom. The molecule has 6 fully saturated rings. The Labute approximate surface area is 308 Å². The number of ether oxygens (including phenoxy) is 3. The van der Waals surface area contributed by atoms with Gasteiger partial charge in [0.25, 0.3) is 0 Å². The number of fused-ring (bicyclic) bond motifs is 6. The maximum Gasteiger partial charge on any atom is 0.430 e. The lowest BCUT2D eigenvalue weighted by atomic mass is 9.73. The molecule has 0 spiro atoms. The Morgan fingerprint density at radius 1 is 0.704 bits per heavy atom. The van der Waals surface area contributed by atoms with Gasteiger partial charge < -0.3 is 54.9 Å². The lowest BCUT2D eigenvalue weighted by Gasteiger charge is -2.45. The van der Waals surface area contributed by atoms with Crippen LogP contribution in [-0.4, -0.2) is 107 Å². The predicted molar refractivity (Wildman–Crippen MR) is 171 cm³/mol. The molecule has 0 radical (unpaired) electrons. The van der Waals surface area contributed by atoms with E-state index in [2.05, 4.69) is 5.32 Å². The summed E-state index contributed by atoms with van der Waals surface area (Å²) in [6.07, 6.45) is -4.03. The van der Waals surface area contributed by atoms with Crippen LogP contribution in [0.3, 0.4) is 0 Å². The fourth-order valence-electron chi connectivity index (χ4n) is 6.29. The first-order chi connectivity index (χ1) is 25.1. The number of alkyl halides is 6. The van der Waals surface area contributed by atoms with Gasteiger partial charge in [0.1, 0.15) is 30.6 Å². The minimum absolute atomic E-state index is 0.158. The molecule has 14 nitrogen and oxygen atoms in total. The number of nitrogens with one attached hydrogen (secondary N) is 3. The van der Waals surface area contributed by atoms with E-state index in [4.69, 9.17) is 39.7 Å². The van der Waals surface area contributed by atoms with Crippen molar-refractivity contribution >= 4 is 30.0 Å². The number of nitrogens with two attached hydrogens (primary N) is 1. The van der Waals surface area contributed by atoms with Gasteiger partial charge in [-0.25, -0.2) is 9.59 Å². The summed E-state index contributed by atoms with van der Waals surface area (Å²) in [5.74, 6) is -6.67. The average Bonchev–Trinajstić information content (AvgIpc) is 3.14. The molecule has 0 aromatic heterocycles. The van der Waals surface area contributed by atoms with Crippen molar-refractivity contribution in [2.24, 2.45) is 16.6 Å². The van der Waals surface area contributed by atoms with Gasteiger partial charge in [-0.15, -0.1) is 0 Å². The van der Waals surface area contributed by atoms with Crippen LogP contribution in [0.5, 0.6) is 0 Å². The number of rotatable bonds is 9. The highest BCUT2D eigenvalue weighted by Crippen LogP contribution is 2.35. The van der Waals surface area contributed by atoms with Crippen molar-refractivity contribution in [2.75, 3.05) is 52.5 Å². The third kappa shape index (κ3) is 16.1. The zero-order chi connectivity index (χ0) is 40.7. The minimum atomic E-state index is -5.19. The molecule has 1 aromatic rings. The van der Waals surface area contributed by atoms with Crippen molar-refractivity contribution in [3.8, 4) is 0 Å². The zero-order valence-electron chi connectivity index (χ0n) is 30.1. The lowest BCUT2D eigenvalue weighted by molar-refractivity contribution is -0.919. The second kappa shape index (κ2) is 20.5. The minimum Gasteiger partial charge on any atom is -0.542 e. The van der Waals surface area contributed by atoms with Gasteiger partial charge in [0.05, 0.1) is 52.5 Å². The van der Waals surface area contributed by atoms with Gasteiger partial charge in [0, 0.05) is 49.4 Å². The van der Waals surface area contributed by atoms with Crippen LogP contribution in [-0.2, 0) is 40.0 Å². The quantitative estimate of drug-likeness (QED) is 0.128. The number of esters is 2. The van der Waals surface area contributed by atoms with Gasteiger partial charge in [-0.2, -0.15) is 26.3 Å². The number of quaternary nitrogens is 2. The number of hydrogen-bond donors (Lipinski definition) is 4. The number of aliphatic carboxylic acids is 2. The van der Waals surface area contributed by atoms with Gasteiger partial charge in [0.2, 0.25) is 0 Å². The Morgan fingerprint density at radius 3 is 1.39 bits per heavy atom. The molecule has 0 aliphatic carbocycles. The first-order valence-corrected chi connectivity index (χ1v) is 17.4. The average molecular weight is 787 g/mol. The molecule has 54 heavy (non-hydrogen) atoms. The Balaban J connectivity index is 0.000000293. The molecule has 5 N–H and O–H groups in total. The molecule has 1 amide bonds. The first kappa shape index (κ1) is 46.0. The number of carboxylic acid groups (broad SMARTS) is 2. The van der Waals surface area contributed by atoms with Crippen molar-refractivity contribution in [3.05, 3.63) is 35.9 Å². The van der Waals surface area contributed by atoms with E-state index in [1.54, 1.807) is 23.6 Å². The highest BCUT2D eigenvalue weighted by molar-refractivity contribution is 5.81. The largest absolute Gasteiger partial charge is 0.542 e. The maximum atomic E-state index is 12.2. The van der Waals surface area contributed by atoms with E-state index in [1.165, 1.54) is 58.5 Å². The van der Waals surface area contributed by atoms with Crippen LogP contribution >= 0.6 is 0 Å². The summed E-state index contributed by atoms with van der Waals surface area (Å²) in [6, 6.07) is 8.21. The molecule has 1 aromatic carbocycles. The second-order valence-electron chi connectivity index (χ2n) is 14.0. The van der Waals surface area contributed by atoms with Gasteiger partial charge in [0.15, 0.2) is 0 Å². The van der Waals surface area contributed by atoms with Crippen LogP contribution in [0.25, 0.3) is 0 Å². The van der Waals surface area contributed by atoms with E-state index in [1.807, 2.05) is 30.3 Å². The van der Waals surface area contributed by atoms with Crippen LogP contribution in [0.4, 0.5) is 31.1 Å². The van der Waals surface area contributed by atoms with Crippen molar-refractivity contribution in [3.63, 3.8) is 0 Å². The molecular formula is C34H48F6N4O10. The number of carbonyl (C=O) groups is 5. The summed E-state index contributed by atoms with van der Waals surface area (Å²) in [5.41, 5.74) is 6.81. The Hall–Kier alpha value is -4.17. The highest BCUT2D eigenvalue weighted by atomic mass is 19.4. The molecule has 4 bridgehead atoms. The number of halogens is 6. The summed E-state index contributed by atoms with van der Waals surface area (Å²) >= 11 is 0. The fraction of sp³-hybridized carbons (Fsp3) is 0.676. The van der Waals surface area contributed by atoms with E-state index in [0.29, 0.717) is 13.2 Å². The van der Waals surface area contributed by atoms with Crippen LogP contribution in [0.2, 0.25) is 0 Å². The molecule has 2 atom stereocenters. The van der Waals surface area contributed by atoms with Crippen molar-refractivity contribution in [1.82, 2.24) is 5.32 Å². The molecule has 6 heterocycles. The van der Waals surface area contributed by atoms with Gasteiger partial charge in [-0.3, -0.25) is 4.79 Å². The maximum absolute atomic E-state index is 12.2. The van der Waals surface area contributed by atoms with E-state index in [9.17, 15) is 40.7 Å². The molecule has 0 saturated carbocycles. The van der Waals surface area contributed by atoms with Crippen LogP contribution in [0.1, 0.15) is 57.9 Å². The Kier molecular flexibility index (Phi) is 17.5. The lowest BCUT2D eigenvalue weighted by Crippen LogP contribution is -3.15. The standard InChI is InChI=1S/C19H26N2O4.C11H20N2O2.2C2HF3O2/c1-15(20-18(23)24-13-16-5-3-2-4-6-16)17(22)25-14-19-7-10-21(11-8-19)12-9-19;1-9(12)10(14)15-8-11-2-5-13(6-3-11)7-4-11;2*3-2(4,5)1(6)7/h2-6,15H,7-14H2,1H3,(H,20,23);9H,2-8,12H2,1H3;2*(H,6,7)/t15-;9-;;/m00../s1. The van der Waals surface area contributed by atoms with E-state index in [-0.39, 0.29) is 23.4 Å². The SMILES string of the molecule is C[C@H](N)C(=O)OCC12CC[NH+](CC1)CC2.C[C@H](NC(=O)OCc1ccccc1)C(=O)OCC12CC[NH+](CC1)CC2.O=C([O-])C(F)(F)F.O=C([O-])C(F)(F)F. The van der Waals surface area contributed by atoms with Gasteiger partial charge in [-0.1, -0.05) is 30.3 Å². The van der Waals surface area contributed by atoms with Crippen molar-refractivity contribution in [1.29, 1.82) is 0 Å². The fourth-order valence-corrected chi connectivity index (χ4v) is 6.29.